The van der Waals surface area contributed by atoms with Gasteiger partial charge in [0, 0.05) is 16.9 Å². The van der Waals surface area contributed by atoms with Crippen molar-refractivity contribution < 1.29 is 4.52 Å². The molecule has 0 aliphatic rings. The Morgan fingerprint density at radius 3 is 2.61 bits per heavy atom. The van der Waals surface area contributed by atoms with E-state index in [0.717, 1.165) is 23.5 Å². The van der Waals surface area contributed by atoms with Gasteiger partial charge in [-0.15, -0.1) is 0 Å². The summed E-state index contributed by atoms with van der Waals surface area (Å²) < 4.78 is 5.21. The van der Waals surface area contributed by atoms with E-state index in [1.54, 1.807) is 30.0 Å². The van der Waals surface area contributed by atoms with E-state index in [4.69, 9.17) is 16.0 Å². The van der Waals surface area contributed by atoms with Gasteiger partial charge < -0.3 is 16.0 Å². The molecule has 0 saturated carbocycles. The third-order valence-electron chi connectivity index (χ3n) is 2.27. The molecular weight excluding hydrogens is 248 g/mol. The summed E-state index contributed by atoms with van der Waals surface area (Å²) in [6.45, 7) is 2.14. The molecule has 18 heavy (non-hydrogen) atoms. The lowest BCUT2D eigenvalue weighted by atomic mass is 10.2. The Morgan fingerprint density at radius 2 is 1.94 bits per heavy atom. The first kappa shape index (κ1) is 12.8. The zero-order chi connectivity index (χ0) is 13.0. The molecule has 1 heterocycles. The molecule has 4 N–H and O–H groups in total. The van der Waals surface area contributed by atoms with Crippen molar-refractivity contribution in [2.75, 3.05) is 17.2 Å². The topological polar surface area (TPSA) is 91.0 Å². The number of nitrogens with zero attached hydrogens (tertiary/aromatic N) is 2. The summed E-state index contributed by atoms with van der Waals surface area (Å²) >= 11 is 1.79. The molecule has 0 amide bonds. The summed E-state index contributed by atoms with van der Waals surface area (Å²) in [4.78, 5) is 4.32. The number of thioether (sulfide) groups is 1. The lowest BCUT2D eigenvalue weighted by Crippen LogP contribution is -1.91. The number of benzene rings is 1. The first-order valence-corrected chi connectivity index (χ1v) is 6.91. The van der Waals surface area contributed by atoms with Crippen LogP contribution >= 0.6 is 11.8 Å². The molecule has 0 unspecified atom stereocenters. The van der Waals surface area contributed by atoms with E-state index >= 15 is 0 Å². The minimum atomic E-state index is 0.459. The SMILES string of the molecule is CCCSCc1noc(-c2cc(N)cc(N)c2)n1. The quantitative estimate of drug-likeness (QED) is 0.637. The molecule has 0 radical (unpaired) electrons. The minimum absolute atomic E-state index is 0.459. The van der Waals surface area contributed by atoms with E-state index in [-0.39, 0.29) is 0 Å². The average Bonchev–Trinajstić information content (AvgIpc) is 2.77. The highest BCUT2D eigenvalue weighted by molar-refractivity contribution is 7.98. The number of rotatable bonds is 5. The predicted octanol–water partition coefficient (Wildman–Crippen LogP) is 2.54. The zero-order valence-electron chi connectivity index (χ0n) is 10.2. The highest BCUT2D eigenvalue weighted by atomic mass is 32.2. The second-order valence-electron chi connectivity index (χ2n) is 3.96. The van der Waals surface area contributed by atoms with Crippen LogP contribution in [0, 0.1) is 0 Å². The van der Waals surface area contributed by atoms with Crippen LogP contribution in [0.25, 0.3) is 11.5 Å². The minimum Gasteiger partial charge on any atom is -0.399 e. The highest BCUT2D eigenvalue weighted by Gasteiger charge is 2.09. The number of aromatic nitrogens is 2. The Labute approximate surface area is 110 Å². The van der Waals surface area contributed by atoms with E-state index in [1.807, 2.05) is 0 Å². The molecule has 2 aromatic rings. The van der Waals surface area contributed by atoms with Crippen LogP contribution in [0.5, 0.6) is 0 Å². The van der Waals surface area contributed by atoms with Gasteiger partial charge in [0.25, 0.3) is 5.89 Å². The highest BCUT2D eigenvalue weighted by Crippen LogP contribution is 2.24. The molecule has 0 saturated heterocycles. The molecule has 5 nitrogen and oxygen atoms in total. The summed E-state index contributed by atoms with van der Waals surface area (Å²) in [6.07, 6.45) is 1.14. The summed E-state index contributed by atoms with van der Waals surface area (Å²) in [6, 6.07) is 5.23. The number of anilines is 2. The van der Waals surface area contributed by atoms with Gasteiger partial charge in [-0.05, 0) is 30.4 Å². The van der Waals surface area contributed by atoms with Crippen molar-refractivity contribution in [3.63, 3.8) is 0 Å². The standard InChI is InChI=1S/C12H16N4OS/c1-2-3-18-7-11-15-12(17-16-11)8-4-9(13)6-10(14)5-8/h4-6H,2-3,7,13-14H2,1H3. The van der Waals surface area contributed by atoms with Crippen LogP contribution in [0.15, 0.2) is 22.7 Å². The van der Waals surface area contributed by atoms with E-state index in [2.05, 4.69) is 17.1 Å². The Bertz CT molecular complexity index is 506. The van der Waals surface area contributed by atoms with Gasteiger partial charge in [0.1, 0.15) is 0 Å². The molecule has 0 aliphatic carbocycles. The average molecular weight is 264 g/mol. The van der Waals surface area contributed by atoms with Gasteiger partial charge in [-0.1, -0.05) is 12.1 Å². The van der Waals surface area contributed by atoms with E-state index in [0.29, 0.717) is 23.1 Å². The number of nitrogens with two attached hydrogens (primary N) is 2. The first-order chi connectivity index (χ1) is 8.69. The summed E-state index contributed by atoms with van der Waals surface area (Å²) in [5.41, 5.74) is 13.4. The molecule has 6 heteroatoms. The molecule has 0 bridgehead atoms. The van der Waals surface area contributed by atoms with Gasteiger partial charge in [0.2, 0.25) is 0 Å². The van der Waals surface area contributed by atoms with Crippen molar-refractivity contribution in [1.29, 1.82) is 0 Å². The van der Waals surface area contributed by atoms with E-state index < -0.39 is 0 Å². The van der Waals surface area contributed by atoms with Crippen molar-refractivity contribution in [2.45, 2.75) is 19.1 Å². The number of nitrogen functional groups attached to an aromatic ring is 2. The number of hydrogen-bond donors (Lipinski definition) is 2. The number of hydrogen-bond acceptors (Lipinski definition) is 6. The second kappa shape index (κ2) is 5.77. The largest absolute Gasteiger partial charge is 0.399 e. The van der Waals surface area contributed by atoms with E-state index in [1.165, 1.54) is 0 Å². The normalized spacial score (nSPS) is 10.7. The van der Waals surface area contributed by atoms with Crippen LogP contribution in [0.1, 0.15) is 19.2 Å². The van der Waals surface area contributed by atoms with Crippen molar-refractivity contribution in [3.05, 3.63) is 24.0 Å². The maximum absolute atomic E-state index is 5.73. The molecule has 0 spiro atoms. The second-order valence-corrected chi connectivity index (χ2v) is 5.06. The maximum Gasteiger partial charge on any atom is 0.258 e. The molecule has 0 aliphatic heterocycles. The maximum atomic E-state index is 5.73. The fourth-order valence-corrected chi connectivity index (χ4v) is 2.27. The van der Waals surface area contributed by atoms with Gasteiger partial charge in [0.05, 0.1) is 5.75 Å². The lowest BCUT2D eigenvalue weighted by molar-refractivity contribution is 0.425. The predicted molar refractivity (Wildman–Crippen MR) is 75.0 cm³/mol. The van der Waals surface area contributed by atoms with Crippen molar-refractivity contribution in [2.24, 2.45) is 0 Å². The molecule has 0 atom stereocenters. The Morgan fingerprint density at radius 1 is 1.22 bits per heavy atom. The molecule has 1 aromatic heterocycles. The van der Waals surface area contributed by atoms with Crippen LogP contribution in [-0.4, -0.2) is 15.9 Å². The third kappa shape index (κ3) is 3.16. The summed E-state index contributed by atoms with van der Waals surface area (Å²) in [7, 11) is 0. The van der Waals surface area contributed by atoms with Gasteiger partial charge in [-0.2, -0.15) is 16.7 Å². The zero-order valence-corrected chi connectivity index (χ0v) is 11.0. The first-order valence-electron chi connectivity index (χ1n) is 5.75. The van der Waals surface area contributed by atoms with Crippen LogP contribution < -0.4 is 11.5 Å². The molecule has 0 fully saturated rings. The molecule has 1 aromatic carbocycles. The van der Waals surface area contributed by atoms with Crippen LogP contribution in [-0.2, 0) is 5.75 Å². The monoisotopic (exact) mass is 264 g/mol. The lowest BCUT2D eigenvalue weighted by Gasteiger charge is -1.99. The van der Waals surface area contributed by atoms with Crippen LogP contribution in [0.2, 0.25) is 0 Å². The molecular formula is C12H16N4OS. The Balaban J connectivity index is 2.13. The van der Waals surface area contributed by atoms with Gasteiger partial charge in [-0.25, -0.2) is 0 Å². The van der Waals surface area contributed by atoms with Gasteiger partial charge in [-0.3, -0.25) is 0 Å². The van der Waals surface area contributed by atoms with Crippen molar-refractivity contribution >= 4 is 23.1 Å². The summed E-state index contributed by atoms with van der Waals surface area (Å²) in [5.74, 6) is 3.01. The van der Waals surface area contributed by atoms with Gasteiger partial charge >= 0.3 is 0 Å². The van der Waals surface area contributed by atoms with Crippen molar-refractivity contribution in [1.82, 2.24) is 10.1 Å². The fraction of sp³-hybridized carbons (Fsp3) is 0.333. The fourth-order valence-electron chi connectivity index (χ4n) is 1.54. The van der Waals surface area contributed by atoms with Crippen molar-refractivity contribution in [3.8, 4) is 11.5 Å². The third-order valence-corrected chi connectivity index (χ3v) is 3.43. The molecule has 2 rings (SSSR count). The Kier molecular flexibility index (Phi) is 4.09. The van der Waals surface area contributed by atoms with E-state index in [9.17, 15) is 0 Å². The molecule has 96 valence electrons. The smallest absolute Gasteiger partial charge is 0.258 e. The van der Waals surface area contributed by atoms with Crippen LogP contribution in [0.4, 0.5) is 11.4 Å². The van der Waals surface area contributed by atoms with Crippen LogP contribution in [0.3, 0.4) is 0 Å². The van der Waals surface area contributed by atoms with Gasteiger partial charge in [0.15, 0.2) is 5.82 Å². The Hall–Kier alpha value is -1.69. The summed E-state index contributed by atoms with van der Waals surface area (Å²) in [5, 5.41) is 3.94.